The maximum atomic E-state index is 5.84. The van der Waals surface area contributed by atoms with Gasteiger partial charge in [-0.05, 0) is 19.8 Å². The molecule has 2 aromatic rings. The first-order chi connectivity index (χ1) is 10.3. The van der Waals surface area contributed by atoms with E-state index in [9.17, 15) is 0 Å². The molecule has 0 amide bonds. The minimum absolute atomic E-state index is 0.171. The molecule has 1 aliphatic rings. The van der Waals surface area contributed by atoms with Gasteiger partial charge in [-0.2, -0.15) is 14.6 Å². The van der Waals surface area contributed by atoms with Gasteiger partial charge in [0.1, 0.15) is 12.1 Å². The summed E-state index contributed by atoms with van der Waals surface area (Å²) in [5, 5.41) is 7.63. The Kier molecular flexibility index (Phi) is 4.31. The lowest BCUT2D eigenvalue weighted by molar-refractivity contribution is 0.0394. The Labute approximate surface area is 123 Å². The Hall–Kier alpha value is -1.73. The van der Waals surface area contributed by atoms with E-state index in [0.29, 0.717) is 19.0 Å². The van der Waals surface area contributed by atoms with Gasteiger partial charge < -0.3 is 14.8 Å². The van der Waals surface area contributed by atoms with E-state index in [1.54, 1.807) is 4.52 Å². The molecule has 7 nitrogen and oxygen atoms in total. The third-order valence-corrected chi connectivity index (χ3v) is 3.53. The average Bonchev–Trinajstić information content (AvgIpc) is 3.16. The van der Waals surface area contributed by atoms with Crippen LogP contribution in [-0.2, 0) is 15.9 Å². The summed E-state index contributed by atoms with van der Waals surface area (Å²) in [6, 6.07) is 2.18. The predicted octanol–water partition coefficient (Wildman–Crippen LogP) is 1.29. The molecule has 2 aromatic heterocycles. The molecular weight excluding hydrogens is 270 g/mol. The van der Waals surface area contributed by atoms with Gasteiger partial charge in [-0.3, -0.25) is 0 Å². The van der Waals surface area contributed by atoms with Crippen LogP contribution in [-0.4, -0.2) is 51.5 Å². The lowest BCUT2D eigenvalue weighted by atomic mass is 10.3. The number of fused-ring (bicyclic) bond motifs is 1. The Balaban J connectivity index is 1.66. The van der Waals surface area contributed by atoms with Crippen LogP contribution in [0.15, 0.2) is 12.4 Å². The van der Waals surface area contributed by atoms with Crippen LogP contribution in [0.1, 0.15) is 26.0 Å². The fourth-order valence-corrected chi connectivity index (χ4v) is 2.36. The maximum Gasteiger partial charge on any atom is 0.254 e. The van der Waals surface area contributed by atoms with Crippen molar-refractivity contribution in [2.24, 2.45) is 0 Å². The number of nitrogens with zero attached hydrogens (tertiary/aromatic N) is 4. The molecule has 0 aliphatic carbocycles. The van der Waals surface area contributed by atoms with Crippen LogP contribution >= 0.6 is 0 Å². The zero-order valence-corrected chi connectivity index (χ0v) is 12.5. The Morgan fingerprint density at radius 3 is 3.24 bits per heavy atom. The van der Waals surface area contributed by atoms with Crippen molar-refractivity contribution < 1.29 is 9.47 Å². The molecule has 1 saturated heterocycles. The molecule has 0 spiro atoms. The molecule has 2 atom stereocenters. The Bertz CT molecular complexity index is 594. The summed E-state index contributed by atoms with van der Waals surface area (Å²) < 4.78 is 12.9. The van der Waals surface area contributed by atoms with Gasteiger partial charge in [-0.1, -0.05) is 6.92 Å². The first kappa shape index (κ1) is 14.2. The molecule has 21 heavy (non-hydrogen) atoms. The summed E-state index contributed by atoms with van der Waals surface area (Å²) >= 11 is 0. The van der Waals surface area contributed by atoms with Crippen LogP contribution in [0.5, 0.6) is 0 Å². The molecule has 1 fully saturated rings. The lowest BCUT2D eigenvalue weighted by Gasteiger charge is -2.18. The van der Waals surface area contributed by atoms with E-state index in [0.717, 1.165) is 31.0 Å². The highest BCUT2D eigenvalue weighted by Gasteiger charge is 2.17. The quantitative estimate of drug-likeness (QED) is 0.864. The summed E-state index contributed by atoms with van der Waals surface area (Å²) in [5.41, 5.74) is 0.996. The number of ether oxygens (including phenoxy) is 2. The third kappa shape index (κ3) is 3.30. The number of aromatic nitrogens is 4. The van der Waals surface area contributed by atoms with Gasteiger partial charge in [0.2, 0.25) is 0 Å². The number of nitrogens with one attached hydrogen (secondary N) is 1. The highest BCUT2D eigenvalue weighted by atomic mass is 16.5. The van der Waals surface area contributed by atoms with E-state index in [1.165, 1.54) is 6.33 Å². The van der Waals surface area contributed by atoms with Crippen molar-refractivity contribution in [3.63, 3.8) is 0 Å². The monoisotopic (exact) mass is 291 g/mol. The number of aryl methyl sites for hydroxylation is 1. The number of rotatable bonds is 6. The summed E-state index contributed by atoms with van der Waals surface area (Å²) in [4.78, 5) is 8.59. The van der Waals surface area contributed by atoms with Gasteiger partial charge in [0.15, 0.2) is 0 Å². The first-order valence-corrected chi connectivity index (χ1v) is 7.41. The number of hydrogen-bond acceptors (Lipinski definition) is 6. The molecule has 0 saturated carbocycles. The standard InChI is InChI=1S/C14H21N5O2/c1-3-11-6-13(19-14(18-11)15-9-16-19)17-10(2)7-21-12-4-5-20-8-12/h6,9-10,12,17H,3-5,7-8H2,1-2H3. The zero-order chi connectivity index (χ0) is 14.7. The van der Waals surface area contributed by atoms with Crippen molar-refractivity contribution in [1.82, 2.24) is 19.6 Å². The van der Waals surface area contributed by atoms with Crippen LogP contribution in [0.2, 0.25) is 0 Å². The minimum Gasteiger partial charge on any atom is -0.379 e. The van der Waals surface area contributed by atoms with Crippen LogP contribution in [0.3, 0.4) is 0 Å². The average molecular weight is 291 g/mol. The highest BCUT2D eigenvalue weighted by Crippen LogP contribution is 2.14. The van der Waals surface area contributed by atoms with Crippen molar-refractivity contribution in [2.45, 2.75) is 38.8 Å². The van der Waals surface area contributed by atoms with E-state index < -0.39 is 0 Å². The van der Waals surface area contributed by atoms with Gasteiger partial charge >= 0.3 is 0 Å². The fourth-order valence-electron chi connectivity index (χ4n) is 2.36. The molecule has 1 N–H and O–H groups in total. The van der Waals surface area contributed by atoms with Gasteiger partial charge in [0.05, 0.1) is 19.3 Å². The van der Waals surface area contributed by atoms with Crippen LogP contribution in [0.25, 0.3) is 5.78 Å². The molecule has 3 rings (SSSR count). The third-order valence-electron chi connectivity index (χ3n) is 3.53. The van der Waals surface area contributed by atoms with Gasteiger partial charge in [0, 0.05) is 24.4 Å². The molecule has 1 aliphatic heterocycles. The molecule has 0 radical (unpaired) electrons. The van der Waals surface area contributed by atoms with E-state index >= 15 is 0 Å². The highest BCUT2D eigenvalue weighted by molar-refractivity contribution is 5.45. The summed E-state index contributed by atoms with van der Waals surface area (Å²) in [6.07, 6.45) is 3.59. The van der Waals surface area contributed by atoms with Crippen molar-refractivity contribution >= 4 is 11.6 Å². The summed E-state index contributed by atoms with van der Waals surface area (Å²) in [5.74, 6) is 1.52. The fraction of sp³-hybridized carbons (Fsp3) is 0.643. The van der Waals surface area contributed by atoms with Crippen LogP contribution in [0, 0.1) is 0 Å². The van der Waals surface area contributed by atoms with Gasteiger partial charge in [-0.25, -0.2) is 4.98 Å². The summed E-state index contributed by atoms with van der Waals surface area (Å²) in [7, 11) is 0. The second kappa shape index (κ2) is 6.36. The number of anilines is 1. The van der Waals surface area contributed by atoms with Gasteiger partial charge in [-0.15, -0.1) is 0 Å². The molecule has 0 bridgehead atoms. The normalized spacial score (nSPS) is 20.0. The SMILES string of the molecule is CCc1cc(NC(C)COC2CCOC2)n2ncnc2n1. The van der Waals surface area contributed by atoms with E-state index in [1.807, 2.05) is 6.07 Å². The second-order valence-electron chi connectivity index (χ2n) is 5.32. The van der Waals surface area contributed by atoms with Crippen molar-refractivity contribution in [3.05, 3.63) is 18.1 Å². The van der Waals surface area contributed by atoms with Crippen molar-refractivity contribution in [3.8, 4) is 0 Å². The second-order valence-corrected chi connectivity index (χ2v) is 5.32. The summed E-state index contributed by atoms with van der Waals surface area (Å²) in [6.45, 7) is 6.30. The van der Waals surface area contributed by atoms with E-state index in [2.05, 4.69) is 34.2 Å². The van der Waals surface area contributed by atoms with Crippen LogP contribution < -0.4 is 5.32 Å². The molecule has 0 aromatic carbocycles. The van der Waals surface area contributed by atoms with E-state index in [4.69, 9.17) is 9.47 Å². The van der Waals surface area contributed by atoms with Crippen molar-refractivity contribution in [1.29, 1.82) is 0 Å². The Morgan fingerprint density at radius 1 is 1.57 bits per heavy atom. The largest absolute Gasteiger partial charge is 0.379 e. The molecular formula is C14H21N5O2. The minimum atomic E-state index is 0.171. The molecule has 114 valence electrons. The van der Waals surface area contributed by atoms with E-state index in [-0.39, 0.29) is 12.1 Å². The zero-order valence-electron chi connectivity index (χ0n) is 12.5. The van der Waals surface area contributed by atoms with Crippen molar-refractivity contribution in [2.75, 3.05) is 25.1 Å². The smallest absolute Gasteiger partial charge is 0.254 e. The predicted molar refractivity (Wildman–Crippen MR) is 78.4 cm³/mol. The van der Waals surface area contributed by atoms with Crippen LogP contribution in [0.4, 0.5) is 5.82 Å². The molecule has 3 heterocycles. The molecule has 2 unspecified atom stereocenters. The maximum absolute atomic E-state index is 5.84. The topological polar surface area (TPSA) is 73.6 Å². The van der Waals surface area contributed by atoms with Gasteiger partial charge in [0.25, 0.3) is 5.78 Å². The number of hydrogen-bond donors (Lipinski definition) is 1. The first-order valence-electron chi connectivity index (χ1n) is 7.41. The molecule has 7 heteroatoms. The lowest BCUT2D eigenvalue weighted by Crippen LogP contribution is -2.27. The Morgan fingerprint density at radius 2 is 2.48 bits per heavy atom.